The summed E-state index contributed by atoms with van der Waals surface area (Å²) in [6, 6.07) is 10.4. The van der Waals surface area contributed by atoms with Crippen LogP contribution in [0.5, 0.6) is 0 Å². The van der Waals surface area contributed by atoms with Gasteiger partial charge in [0.25, 0.3) is 0 Å². The van der Waals surface area contributed by atoms with Crippen molar-refractivity contribution in [3.63, 3.8) is 0 Å². The predicted molar refractivity (Wildman–Crippen MR) is 78.6 cm³/mol. The van der Waals surface area contributed by atoms with E-state index >= 15 is 0 Å². The summed E-state index contributed by atoms with van der Waals surface area (Å²) in [5, 5.41) is 0. The van der Waals surface area contributed by atoms with Crippen LogP contribution in [0, 0.1) is 12.0 Å². The first-order valence-electron chi connectivity index (χ1n) is 7.07. The minimum absolute atomic E-state index is 0.261. The van der Waals surface area contributed by atoms with Crippen molar-refractivity contribution in [3.8, 4) is 0 Å². The van der Waals surface area contributed by atoms with Crippen LogP contribution in [0.2, 0.25) is 0 Å². The predicted octanol–water partition coefficient (Wildman–Crippen LogP) is 4.26. The molecule has 2 nitrogen and oxygen atoms in total. The average Bonchev–Trinajstić information content (AvgIpc) is 2.46. The standard InChI is InChI=1S/C17H23O2/c1-3-5-9-15(4-2)14-19-17(18)13-12-16-10-7-6-8-11-16/h7-8,10-13,15H,3-5,9,14H2,1-2H3. The second kappa shape index (κ2) is 9.37. The van der Waals surface area contributed by atoms with Gasteiger partial charge < -0.3 is 4.74 Å². The Balaban J connectivity index is 2.32. The van der Waals surface area contributed by atoms with Crippen molar-refractivity contribution < 1.29 is 9.53 Å². The average molecular weight is 259 g/mol. The summed E-state index contributed by atoms with van der Waals surface area (Å²) in [7, 11) is 0. The molecule has 1 radical (unpaired) electrons. The van der Waals surface area contributed by atoms with E-state index in [1.807, 2.05) is 24.3 Å². The Kier molecular flexibility index (Phi) is 7.64. The molecular weight excluding hydrogens is 236 g/mol. The van der Waals surface area contributed by atoms with E-state index < -0.39 is 0 Å². The van der Waals surface area contributed by atoms with Crippen LogP contribution in [0.3, 0.4) is 0 Å². The smallest absolute Gasteiger partial charge is 0.330 e. The fourth-order valence-corrected chi connectivity index (χ4v) is 1.82. The molecule has 2 heteroatoms. The van der Waals surface area contributed by atoms with Crippen molar-refractivity contribution in [2.75, 3.05) is 6.61 Å². The van der Waals surface area contributed by atoms with E-state index in [9.17, 15) is 4.79 Å². The van der Waals surface area contributed by atoms with Crippen LogP contribution in [0.25, 0.3) is 6.08 Å². The molecule has 0 aliphatic heterocycles. The highest BCUT2D eigenvalue weighted by molar-refractivity contribution is 5.86. The number of rotatable bonds is 8. The molecule has 0 aliphatic rings. The van der Waals surface area contributed by atoms with Gasteiger partial charge in [-0.05, 0) is 30.0 Å². The van der Waals surface area contributed by atoms with E-state index in [0.717, 1.165) is 18.4 Å². The Morgan fingerprint density at radius 2 is 2.11 bits per heavy atom. The molecule has 0 bridgehead atoms. The molecule has 0 saturated heterocycles. The molecule has 0 aliphatic carbocycles. The topological polar surface area (TPSA) is 26.3 Å². The Hall–Kier alpha value is -1.57. The highest BCUT2D eigenvalue weighted by Gasteiger charge is 2.08. The Morgan fingerprint density at radius 1 is 1.37 bits per heavy atom. The Morgan fingerprint density at radius 3 is 2.74 bits per heavy atom. The zero-order valence-electron chi connectivity index (χ0n) is 11.9. The maximum atomic E-state index is 11.6. The van der Waals surface area contributed by atoms with Crippen LogP contribution in [0.4, 0.5) is 0 Å². The van der Waals surface area contributed by atoms with Crippen molar-refractivity contribution >= 4 is 12.0 Å². The van der Waals surface area contributed by atoms with Crippen LogP contribution in [-0.4, -0.2) is 12.6 Å². The van der Waals surface area contributed by atoms with Gasteiger partial charge in [-0.15, -0.1) is 0 Å². The lowest BCUT2D eigenvalue weighted by Gasteiger charge is -2.13. The second-order valence-corrected chi connectivity index (χ2v) is 4.71. The normalized spacial score (nSPS) is 12.5. The van der Waals surface area contributed by atoms with Crippen molar-refractivity contribution in [1.82, 2.24) is 0 Å². The number of carbonyl (C=O) groups is 1. The van der Waals surface area contributed by atoms with Gasteiger partial charge >= 0.3 is 5.97 Å². The molecule has 1 atom stereocenters. The van der Waals surface area contributed by atoms with Gasteiger partial charge in [0.05, 0.1) is 6.61 Å². The molecule has 0 amide bonds. The van der Waals surface area contributed by atoms with Gasteiger partial charge in [0.2, 0.25) is 0 Å². The summed E-state index contributed by atoms with van der Waals surface area (Å²) in [5.41, 5.74) is 0.980. The van der Waals surface area contributed by atoms with Gasteiger partial charge in [-0.2, -0.15) is 0 Å². The first-order valence-corrected chi connectivity index (χ1v) is 7.07. The van der Waals surface area contributed by atoms with Gasteiger partial charge in [0, 0.05) is 6.08 Å². The summed E-state index contributed by atoms with van der Waals surface area (Å²) in [6.07, 6.45) is 7.84. The minimum Gasteiger partial charge on any atom is -0.462 e. The quantitative estimate of drug-likeness (QED) is 0.515. The third-order valence-electron chi connectivity index (χ3n) is 3.16. The third-order valence-corrected chi connectivity index (χ3v) is 3.16. The fourth-order valence-electron chi connectivity index (χ4n) is 1.82. The molecule has 1 aromatic carbocycles. The SMILES string of the molecule is CCCCC(CC)COC(=O)C=Cc1cc[c]cc1. The number of carbonyl (C=O) groups excluding carboxylic acids is 1. The lowest BCUT2D eigenvalue weighted by molar-refractivity contribution is -0.139. The monoisotopic (exact) mass is 259 g/mol. The number of esters is 1. The van der Waals surface area contributed by atoms with Crippen molar-refractivity contribution in [3.05, 3.63) is 42.0 Å². The van der Waals surface area contributed by atoms with E-state index in [0.29, 0.717) is 12.5 Å². The third kappa shape index (κ3) is 6.80. The summed E-state index contributed by atoms with van der Waals surface area (Å²) in [4.78, 5) is 11.6. The number of unbranched alkanes of at least 4 members (excludes halogenated alkanes) is 1. The Labute approximate surface area is 116 Å². The highest BCUT2D eigenvalue weighted by Crippen LogP contribution is 2.13. The second-order valence-electron chi connectivity index (χ2n) is 4.71. The summed E-state index contributed by atoms with van der Waals surface area (Å²) in [6.45, 7) is 4.85. The van der Waals surface area contributed by atoms with E-state index in [-0.39, 0.29) is 5.97 Å². The van der Waals surface area contributed by atoms with E-state index in [1.165, 1.54) is 18.9 Å². The number of hydrogen-bond acceptors (Lipinski definition) is 2. The fraction of sp³-hybridized carbons (Fsp3) is 0.471. The molecule has 1 unspecified atom stereocenters. The molecule has 0 fully saturated rings. The first-order chi connectivity index (χ1) is 9.26. The molecule has 0 heterocycles. The number of ether oxygens (including phenoxy) is 1. The lowest BCUT2D eigenvalue weighted by Crippen LogP contribution is -2.12. The number of hydrogen-bond donors (Lipinski definition) is 0. The maximum absolute atomic E-state index is 11.6. The largest absolute Gasteiger partial charge is 0.462 e. The zero-order valence-corrected chi connectivity index (χ0v) is 11.9. The first kappa shape index (κ1) is 15.5. The van der Waals surface area contributed by atoms with Crippen LogP contribution in [-0.2, 0) is 9.53 Å². The van der Waals surface area contributed by atoms with E-state index in [4.69, 9.17) is 4.74 Å². The number of benzene rings is 1. The van der Waals surface area contributed by atoms with Crippen molar-refractivity contribution in [1.29, 1.82) is 0 Å². The molecule has 0 saturated carbocycles. The zero-order chi connectivity index (χ0) is 13.9. The van der Waals surface area contributed by atoms with Crippen LogP contribution < -0.4 is 0 Å². The molecule has 1 aromatic rings. The lowest BCUT2D eigenvalue weighted by atomic mass is 10.0. The maximum Gasteiger partial charge on any atom is 0.330 e. The summed E-state index contributed by atoms with van der Waals surface area (Å²) >= 11 is 0. The molecular formula is C17H23O2. The molecule has 19 heavy (non-hydrogen) atoms. The molecule has 0 spiro atoms. The summed E-state index contributed by atoms with van der Waals surface area (Å²) < 4.78 is 5.28. The molecule has 0 N–H and O–H groups in total. The van der Waals surface area contributed by atoms with Crippen LogP contribution in [0.15, 0.2) is 30.3 Å². The van der Waals surface area contributed by atoms with Crippen LogP contribution >= 0.6 is 0 Å². The minimum atomic E-state index is -0.261. The molecule has 0 aromatic heterocycles. The van der Waals surface area contributed by atoms with Gasteiger partial charge in [-0.1, -0.05) is 57.4 Å². The summed E-state index contributed by atoms with van der Waals surface area (Å²) in [5.74, 6) is 0.228. The van der Waals surface area contributed by atoms with Crippen LogP contribution in [0.1, 0.15) is 45.1 Å². The van der Waals surface area contributed by atoms with E-state index in [1.54, 1.807) is 6.08 Å². The van der Waals surface area contributed by atoms with Gasteiger partial charge in [-0.3, -0.25) is 0 Å². The van der Waals surface area contributed by atoms with Gasteiger partial charge in [-0.25, -0.2) is 4.79 Å². The molecule has 103 valence electrons. The Bertz CT molecular complexity index is 382. The van der Waals surface area contributed by atoms with Crippen molar-refractivity contribution in [2.24, 2.45) is 5.92 Å². The van der Waals surface area contributed by atoms with E-state index in [2.05, 4.69) is 19.9 Å². The molecule has 1 rings (SSSR count). The van der Waals surface area contributed by atoms with Gasteiger partial charge in [0.15, 0.2) is 0 Å². The van der Waals surface area contributed by atoms with Crippen molar-refractivity contribution in [2.45, 2.75) is 39.5 Å². The van der Waals surface area contributed by atoms with Gasteiger partial charge in [0.1, 0.15) is 0 Å². The highest BCUT2D eigenvalue weighted by atomic mass is 16.5.